The van der Waals surface area contributed by atoms with Gasteiger partial charge >= 0.3 is 0 Å². The van der Waals surface area contributed by atoms with Crippen LogP contribution in [0, 0.1) is 0 Å². The van der Waals surface area contributed by atoms with Crippen LogP contribution in [0.25, 0.3) is 0 Å². The average molecular weight is 231 g/mol. The lowest BCUT2D eigenvalue weighted by atomic mass is 10.0. The maximum atomic E-state index is 11.6. The highest BCUT2D eigenvalue weighted by atomic mass is 32.2. The summed E-state index contributed by atoms with van der Waals surface area (Å²) >= 11 is 0. The van der Waals surface area contributed by atoms with Gasteiger partial charge in [-0.3, -0.25) is 4.68 Å². The molecule has 5 nitrogen and oxygen atoms in total. The second-order valence-corrected chi connectivity index (χ2v) is 6.83. The summed E-state index contributed by atoms with van der Waals surface area (Å²) in [5.74, 6) is 0. The molecule has 0 aliphatic carbocycles. The number of rotatable bonds is 3. The number of nitrogens with two attached hydrogens (primary N) is 1. The predicted molar refractivity (Wildman–Crippen MR) is 59.1 cm³/mol. The molecule has 0 radical (unpaired) electrons. The molecule has 1 atom stereocenters. The zero-order valence-electron chi connectivity index (χ0n) is 9.43. The third-order valence-corrected chi connectivity index (χ3v) is 5.05. The van der Waals surface area contributed by atoms with E-state index in [-0.39, 0.29) is 0 Å². The van der Waals surface area contributed by atoms with E-state index in [1.165, 1.54) is 6.26 Å². The molecule has 0 saturated carbocycles. The Bertz CT molecular complexity index is 448. The first-order valence-electron chi connectivity index (χ1n) is 4.61. The fraction of sp³-hybridized carbons (Fsp3) is 0.667. The Morgan fingerprint density at radius 3 is 2.40 bits per heavy atom. The normalized spacial score (nSPS) is 15.3. The van der Waals surface area contributed by atoms with Crippen molar-refractivity contribution < 1.29 is 8.42 Å². The van der Waals surface area contributed by atoms with E-state index < -0.39 is 20.6 Å². The Balaban J connectivity index is 3.16. The Hall–Kier alpha value is -0.880. The van der Waals surface area contributed by atoms with Gasteiger partial charge in [0.05, 0.1) is 16.5 Å². The summed E-state index contributed by atoms with van der Waals surface area (Å²) in [7, 11) is -1.47. The van der Waals surface area contributed by atoms with Crippen LogP contribution in [0.4, 0.5) is 0 Å². The molecule has 0 amide bonds. The smallest absolute Gasteiger partial charge is 0.154 e. The summed E-state index contributed by atoms with van der Waals surface area (Å²) in [5.41, 5.74) is 6.68. The molecule has 1 aromatic rings. The van der Waals surface area contributed by atoms with Gasteiger partial charge in [0.1, 0.15) is 0 Å². The summed E-state index contributed by atoms with van der Waals surface area (Å²) in [5, 5.41) is 3.98. The lowest BCUT2D eigenvalue weighted by Gasteiger charge is -2.29. The highest BCUT2D eigenvalue weighted by Gasteiger charge is 2.38. The molecule has 0 saturated heterocycles. The van der Waals surface area contributed by atoms with Gasteiger partial charge in [-0.1, -0.05) is 0 Å². The van der Waals surface area contributed by atoms with Gasteiger partial charge in [-0.15, -0.1) is 0 Å². The van der Waals surface area contributed by atoms with Crippen LogP contribution in [-0.2, 0) is 16.9 Å². The first-order valence-corrected chi connectivity index (χ1v) is 6.50. The van der Waals surface area contributed by atoms with Crippen molar-refractivity contribution >= 4 is 9.84 Å². The van der Waals surface area contributed by atoms with Gasteiger partial charge in [0.15, 0.2) is 9.84 Å². The summed E-state index contributed by atoms with van der Waals surface area (Å²) in [6.07, 6.45) is 2.80. The minimum Gasteiger partial charge on any atom is -0.321 e. The fourth-order valence-electron chi connectivity index (χ4n) is 1.28. The summed E-state index contributed by atoms with van der Waals surface area (Å²) < 4.78 is 23.8. The highest BCUT2D eigenvalue weighted by Crippen LogP contribution is 2.29. The van der Waals surface area contributed by atoms with Crippen LogP contribution in [0.15, 0.2) is 12.3 Å². The second kappa shape index (κ2) is 3.61. The quantitative estimate of drug-likeness (QED) is 0.808. The van der Waals surface area contributed by atoms with Gasteiger partial charge in [-0.2, -0.15) is 5.10 Å². The topological polar surface area (TPSA) is 78.0 Å². The van der Waals surface area contributed by atoms with Crippen LogP contribution in [0.3, 0.4) is 0 Å². The van der Waals surface area contributed by atoms with E-state index in [2.05, 4.69) is 5.10 Å². The minimum atomic E-state index is -3.21. The van der Waals surface area contributed by atoms with Crippen molar-refractivity contribution in [3.05, 3.63) is 18.0 Å². The summed E-state index contributed by atoms with van der Waals surface area (Å²) in [6.45, 7) is 3.25. The van der Waals surface area contributed by atoms with Gasteiger partial charge < -0.3 is 5.73 Å². The summed E-state index contributed by atoms with van der Waals surface area (Å²) in [4.78, 5) is 0. The summed E-state index contributed by atoms with van der Waals surface area (Å²) in [6, 6.07) is 1.15. The van der Waals surface area contributed by atoms with Crippen LogP contribution >= 0.6 is 0 Å². The maximum absolute atomic E-state index is 11.6. The van der Waals surface area contributed by atoms with Crippen LogP contribution in [0.5, 0.6) is 0 Å². The zero-order chi connectivity index (χ0) is 11.9. The lowest BCUT2D eigenvalue weighted by molar-refractivity contribution is 0.475. The molecule has 1 rings (SSSR count). The molecule has 0 spiro atoms. The van der Waals surface area contributed by atoms with E-state index in [1.807, 2.05) is 0 Å². The number of hydrogen-bond acceptors (Lipinski definition) is 4. The number of aryl methyl sites for hydroxylation is 1. The molecule has 86 valence electrons. The van der Waals surface area contributed by atoms with Crippen LogP contribution in [-0.4, -0.2) is 29.2 Å². The minimum absolute atomic E-state index is 0.583. The molecule has 6 heteroatoms. The Kier molecular flexibility index (Phi) is 2.93. The third kappa shape index (κ3) is 2.05. The largest absolute Gasteiger partial charge is 0.321 e. The van der Waals surface area contributed by atoms with Crippen LogP contribution in [0.1, 0.15) is 25.6 Å². The molecule has 0 bridgehead atoms. The van der Waals surface area contributed by atoms with Crippen molar-refractivity contribution in [3.8, 4) is 0 Å². The third-order valence-electron chi connectivity index (χ3n) is 2.88. The first-order chi connectivity index (χ1) is 6.68. The molecule has 2 N–H and O–H groups in total. The monoisotopic (exact) mass is 231 g/mol. The molecular formula is C9H17N3O2S. The van der Waals surface area contributed by atoms with Gasteiger partial charge in [-0.05, 0) is 19.9 Å². The first kappa shape index (κ1) is 12.2. The Labute approximate surface area is 90.2 Å². The van der Waals surface area contributed by atoms with Crippen molar-refractivity contribution in [2.75, 3.05) is 6.26 Å². The van der Waals surface area contributed by atoms with Crippen molar-refractivity contribution in [2.45, 2.75) is 24.6 Å². The van der Waals surface area contributed by atoms with E-state index in [0.29, 0.717) is 5.69 Å². The molecule has 1 aromatic heterocycles. The standard InChI is InChI=1S/C9H17N3O2S/c1-9(2,15(4,13)14)8(10)7-5-6-11-12(7)3/h5-6,8H,10H2,1-4H3. The van der Waals surface area contributed by atoms with Crippen LogP contribution < -0.4 is 5.73 Å². The molecule has 0 aliphatic rings. The molecule has 1 unspecified atom stereocenters. The maximum Gasteiger partial charge on any atom is 0.154 e. The number of nitrogens with zero attached hydrogens (tertiary/aromatic N) is 2. The number of hydrogen-bond donors (Lipinski definition) is 1. The fourth-order valence-corrected chi connectivity index (χ4v) is 1.86. The number of aromatic nitrogens is 2. The highest BCUT2D eigenvalue weighted by molar-refractivity contribution is 7.92. The van der Waals surface area contributed by atoms with Gasteiger partial charge in [-0.25, -0.2) is 8.42 Å². The van der Waals surface area contributed by atoms with Crippen molar-refractivity contribution in [3.63, 3.8) is 0 Å². The van der Waals surface area contributed by atoms with E-state index in [9.17, 15) is 8.42 Å². The predicted octanol–water partition coefficient (Wildman–Crippen LogP) is 0.243. The van der Waals surface area contributed by atoms with Gasteiger partial charge in [0.2, 0.25) is 0 Å². The second-order valence-electron chi connectivity index (χ2n) is 4.23. The molecular weight excluding hydrogens is 214 g/mol. The Morgan fingerprint density at radius 2 is 2.07 bits per heavy atom. The zero-order valence-corrected chi connectivity index (χ0v) is 10.2. The average Bonchev–Trinajstić information content (AvgIpc) is 2.48. The molecule has 0 fully saturated rings. The van der Waals surface area contributed by atoms with E-state index in [0.717, 1.165) is 0 Å². The van der Waals surface area contributed by atoms with E-state index >= 15 is 0 Å². The van der Waals surface area contributed by atoms with Crippen molar-refractivity contribution in [2.24, 2.45) is 12.8 Å². The van der Waals surface area contributed by atoms with Crippen LogP contribution in [0.2, 0.25) is 0 Å². The van der Waals surface area contributed by atoms with Gasteiger partial charge in [0, 0.05) is 19.5 Å². The van der Waals surface area contributed by atoms with Gasteiger partial charge in [0.25, 0.3) is 0 Å². The van der Waals surface area contributed by atoms with Crippen molar-refractivity contribution in [1.29, 1.82) is 0 Å². The molecule has 1 heterocycles. The lowest BCUT2D eigenvalue weighted by Crippen LogP contribution is -2.43. The molecule has 15 heavy (non-hydrogen) atoms. The van der Waals surface area contributed by atoms with Crippen molar-refractivity contribution in [1.82, 2.24) is 9.78 Å². The number of sulfone groups is 1. The van der Waals surface area contributed by atoms with E-state index in [4.69, 9.17) is 5.73 Å². The van der Waals surface area contributed by atoms with E-state index in [1.54, 1.807) is 37.8 Å². The molecule has 0 aliphatic heterocycles. The Morgan fingerprint density at radius 1 is 1.53 bits per heavy atom. The molecule has 0 aromatic carbocycles. The SMILES string of the molecule is Cn1nccc1C(N)C(C)(C)S(C)(=O)=O.